The zero-order valence-corrected chi connectivity index (χ0v) is 8.68. The van der Waals surface area contributed by atoms with Crippen molar-refractivity contribution in [2.24, 2.45) is 0 Å². The van der Waals surface area contributed by atoms with Gasteiger partial charge in [-0.15, -0.1) is 0 Å². The number of aliphatic carboxylic acids is 1. The highest BCUT2D eigenvalue weighted by molar-refractivity contribution is 5.83. The minimum absolute atomic E-state index is 0.432. The van der Waals surface area contributed by atoms with Crippen LogP contribution < -0.4 is 5.32 Å². The van der Waals surface area contributed by atoms with E-state index in [0.29, 0.717) is 6.92 Å². The Hall–Kier alpha value is -1.79. The summed E-state index contributed by atoms with van der Waals surface area (Å²) < 4.78 is 51.0. The van der Waals surface area contributed by atoms with Crippen LogP contribution in [-0.4, -0.2) is 22.8 Å². The normalized spacial score (nSPS) is 15.1. The topological polar surface area (TPSA) is 49.3 Å². The summed E-state index contributed by atoms with van der Waals surface area (Å²) >= 11 is 0. The Morgan fingerprint density at radius 3 is 2.24 bits per heavy atom. The first-order valence-corrected chi connectivity index (χ1v) is 4.51. The van der Waals surface area contributed by atoms with Gasteiger partial charge in [-0.1, -0.05) is 12.1 Å². The van der Waals surface area contributed by atoms with Crippen LogP contribution in [0.4, 0.5) is 23.2 Å². The molecule has 0 saturated carbocycles. The predicted molar refractivity (Wildman–Crippen MR) is 52.1 cm³/mol. The van der Waals surface area contributed by atoms with Crippen molar-refractivity contribution < 1.29 is 27.5 Å². The third-order valence-corrected chi connectivity index (χ3v) is 2.25. The fourth-order valence-corrected chi connectivity index (χ4v) is 1.08. The molecule has 94 valence electrons. The van der Waals surface area contributed by atoms with E-state index in [-0.39, 0.29) is 0 Å². The standard InChI is InChI=1S/C10H9F4NO2/c1-9(8(16)17,10(12,13)14)15-7-5-3-2-4-6(7)11/h2-5,15H,1H3,(H,16,17). The van der Waals surface area contributed by atoms with E-state index >= 15 is 0 Å². The fourth-order valence-electron chi connectivity index (χ4n) is 1.08. The number of carboxylic acid groups (broad SMARTS) is 1. The summed E-state index contributed by atoms with van der Waals surface area (Å²) in [6.07, 6.45) is -5.05. The van der Waals surface area contributed by atoms with E-state index in [0.717, 1.165) is 12.1 Å². The van der Waals surface area contributed by atoms with Gasteiger partial charge in [0.2, 0.25) is 5.54 Å². The van der Waals surface area contributed by atoms with Crippen molar-refractivity contribution in [3.8, 4) is 0 Å². The third-order valence-electron chi connectivity index (χ3n) is 2.25. The maximum Gasteiger partial charge on any atom is 0.422 e. The lowest BCUT2D eigenvalue weighted by Gasteiger charge is -2.29. The first-order chi connectivity index (χ1) is 7.68. The average Bonchev–Trinajstić information content (AvgIpc) is 2.19. The summed E-state index contributed by atoms with van der Waals surface area (Å²) in [5.74, 6) is -3.09. The molecule has 0 bridgehead atoms. The van der Waals surface area contributed by atoms with E-state index in [1.54, 1.807) is 5.32 Å². The lowest BCUT2D eigenvalue weighted by atomic mass is 10.0. The number of para-hydroxylation sites is 1. The Balaban J connectivity index is 3.13. The van der Waals surface area contributed by atoms with Gasteiger partial charge in [-0.2, -0.15) is 13.2 Å². The average molecular weight is 251 g/mol. The number of hydrogen-bond donors (Lipinski definition) is 2. The Kier molecular flexibility index (Phi) is 3.30. The Labute approximate surface area is 94.1 Å². The van der Waals surface area contributed by atoms with Crippen LogP contribution in [0.1, 0.15) is 6.92 Å². The molecular formula is C10H9F4NO2. The molecule has 1 unspecified atom stereocenters. The second kappa shape index (κ2) is 4.23. The Morgan fingerprint density at radius 1 is 1.29 bits per heavy atom. The molecule has 0 fully saturated rings. The Bertz CT molecular complexity index is 433. The molecule has 0 spiro atoms. The van der Waals surface area contributed by atoms with Crippen molar-refractivity contribution in [1.82, 2.24) is 0 Å². The summed E-state index contributed by atoms with van der Waals surface area (Å²) in [4.78, 5) is 10.7. The van der Waals surface area contributed by atoms with Gasteiger partial charge in [-0.3, -0.25) is 0 Å². The van der Waals surface area contributed by atoms with E-state index in [9.17, 15) is 22.4 Å². The molecule has 0 radical (unpaired) electrons. The highest BCUT2D eigenvalue weighted by Crippen LogP contribution is 2.34. The Morgan fingerprint density at radius 2 is 1.82 bits per heavy atom. The molecule has 0 amide bonds. The summed E-state index contributed by atoms with van der Waals surface area (Å²) in [6.45, 7) is 0.432. The predicted octanol–water partition coefficient (Wildman–Crippen LogP) is 2.64. The van der Waals surface area contributed by atoms with Gasteiger partial charge in [0.25, 0.3) is 0 Å². The van der Waals surface area contributed by atoms with Crippen LogP contribution in [0.15, 0.2) is 24.3 Å². The van der Waals surface area contributed by atoms with Gasteiger partial charge in [0, 0.05) is 0 Å². The van der Waals surface area contributed by atoms with Crippen molar-refractivity contribution in [2.45, 2.75) is 18.6 Å². The van der Waals surface area contributed by atoms with Crippen LogP contribution in [0.2, 0.25) is 0 Å². The maximum absolute atomic E-state index is 13.1. The quantitative estimate of drug-likeness (QED) is 0.812. The van der Waals surface area contributed by atoms with Crippen molar-refractivity contribution in [3.63, 3.8) is 0 Å². The van der Waals surface area contributed by atoms with Gasteiger partial charge in [-0.05, 0) is 19.1 Å². The molecule has 0 aliphatic rings. The van der Waals surface area contributed by atoms with Crippen LogP contribution in [0.3, 0.4) is 0 Å². The van der Waals surface area contributed by atoms with Crippen molar-refractivity contribution in [2.75, 3.05) is 5.32 Å². The molecule has 1 rings (SSSR count). The first kappa shape index (κ1) is 13.3. The number of halogens is 4. The van der Waals surface area contributed by atoms with E-state index in [1.165, 1.54) is 12.1 Å². The van der Waals surface area contributed by atoms with Crippen molar-refractivity contribution in [3.05, 3.63) is 30.1 Å². The van der Waals surface area contributed by atoms with Crippen molar-refractivity contribution >= 4 is 11.7 Å². The molecule has 3 nitrogen and oxygen atoms in total. The SMILES string of the molecule is CC(Nc1ccccc1F)(C(=O)O)C(F)(F)F. The molecule has 2 N–H and O–H groups in total. The zero-order valence-electron chi connectivity index (χ0n) is 8.68. The number of nitrogens with one attached hydrogen (secondary N) is 1. The monoisotopic (exact) mass is 251 g/mol. The van der Waals surface area contributed by atoms with Gasteiger partial charge in [-0.25, -0.2) is 9.18 Å². The van der Waals surface area contributed by atoms with E-state index in [1.807, 2.05) is 0 Å². The molecule has 0 saturated heterocycles. The molecule has 7 heteroatoms. The van der Waals surface area contributed by atoms with Gasteiger partial charge in [0.15, 0.2) is 0 Å². The molecule has 1 aromatic rings. The second-order valence-electron chi connectivity index (χ2n) is 3.53. The van der Waals surface area contributed by atoms with Crippen LogP contribution in [0, 0.1) is 5.82 Å². The molecule has 0 aliphatic heterocycles. The minimum Gasteiger partial charge on any atom is -0.479 e. The lowest BCUT2D eigenvalue weighted by molar-refractivity contribution is -0.192. The van der Waals surface area contributed by atoms with Gasteiger partial charge in [0.05, 0.1) is 5.69 Å². The fraction of sp³-hybridized carbons (Fsp3) is 0.300. The highest BCUT2D eigenvalue weighted by atomic mass is 19.4. The lowest BCUT2D eigenvalue weighted by Crippen LogP contribution is -2.55. The summed E-state index contributed by atoms with van der Waals surface area (Å²) in [5, 5.41) is 10.3. The summed E-state index contributed by atoms with van der Waals surface area (Å²) in [6, 6.07) is 4.54. The van der Waals surface area contributed by atoms with Gasteiger partial charge >= 0.3 is 12.1 Å². The van der Waals surface area contributed by atoms with Crippen LogP contribution in [0.25, 0.3) is 0 Å². The number of alkyl halides is 3. The molecule has 1 aromatic carbocycles. The van der Waals surface area contributed by atoms with E-state index in [2.05, 4.69) is 0 Å². The second-order valence-corrected chi connectivity index (χ2v) is 3.53. The maximum atomic E-state index is 13.1. The van der Waals surface area contributed by atoms with E-state index in [4.69, 9.17) is 5.11 Å². The zero-order chi connectivity index (χ0) is 13.3. The molecule has 0 aliphatic carbocycles. The third kappa shape index (κ3) is 2.48. The number of anilines is 1. The molecule has 1 atom stereocenters. The van der Waals surface area contributed by atoms with Gasteiger partial charge in [0.1, 0.15) is 5.82 Å². The van der Waals surface area contributed by atoms with Crippen LogP contribution in [-0.2, 0) is 4.79 Å². The van der Waals surface area contributed by atoms with Crippen LogP contribution in [0.5, 0.6) is 0 Å². The number of hydrogen-bond acceptors (Lipinski definition) is 2. The number of carboxylic acids is 1. The first-order valence-electron chi connectivity index (χ1n) is 4.51. The molecule has 17 heavy (non-hydrogen) atoms. The molecular weight excluding hydrogens is 242 g/mol. The van der Waals surface area contributed by atoms with Crippen molar-refractivity contribution in [1.29, 1.82) is 0 Å². The number of benzene rings is 1. The highest BCUT2D eigenvalue weighted by Gasteiger charge is 2.57. The molecule has 0 heterocycles. The summed E-state index contributed by atoms with van der Waals surface area (Å²) in [7, 11) is 0. The van der Waals surface area contributed by atoms with E-state index < -0.39 is 29.2 Å². The number of carbonyl (C=O) groups is 1. The smallest absolute Gasteiger partial charge is 0.422 e. The molecule has 0 aromatic heterocycles. The summed E-state index contributed by atoms with van der Waals surface area (Å²) in [5.41, 5.74) is -3.76. The largest absolute Gasteiger partial charge is 0.479 e. The van der Waals surface area contributed by atoms with Gasteiger partial charge < -0.3 is 10.4 Å². The number of rotatable bonds is 3. The van der Waals surface area contributed by atoms with Crippen LogP contribution >= 0.6 is 0 Å². The minimum atomic E-state index is -5.05.